The Hall–Kier alpha value is -2.30. The standard InChI is InChI=1S/C13H16N4O/c1-10(18)16-12-5-3-11(4-6-12)14-9-13-7-8-15-17(13)2/h3-8,14H,9H2,1-2H3,(H,16,18). The second-order valence-corrected chi connectivity index (χ2v) is 4.06. The van der Waals surface area contributed by atoms with Crippen LogP contribution in [0.5, 0.6) is 0 Å². The van der Waals surface area contributed by atoms with E-state index in [4.69, 9.17) is 0 Å². The minimum atomic E-state index is -0.0643. The number of rotatable bonds is 4. The zero-order valence-electron chi connectivity index (χ0n) is 10.5. The number of nitrogens with zero attached hydrogens (tertiary/aromatic N) is 2. The summed E-state index contributed by atoms with van der Waals surface area (Å²) in [7, 11) is 1.91. The fraction of sp³-hybridized carbons (Fsp3) is 0.231. The molecule has 94 valence electrons. The van der Waals surface area contributed by atoms with Crippen LogP contribution in [0.15, 0.2) is 36.5 Å². The van der Waals surface area contributed by atoms with Crippen molar-refractivity contribution in [2.45, 2.75) is 13.5 Å². The summed E-state index contributed by atoms with van der Waals surface area (Å²) in [6.07, 6.45) is 1.77. The Morgan fingerprint density at radius 3 is 2.44 bits per heavy atom. The molecule has 0 aliphatic heterocycles. The molecule has 1 amide bonds. The third-order valence-electron chi connectivity index (χ3n) is 2.60. The van der Waals surface area contributed by atoms with E-state index in [0.29, 0.717) is 0 Å². The van der Waals surface area contributed by atoms with Crippen LogP contribution in [-0.2, 0) is 18.4 Å². The van der Waals surface area contributed by atoms with E-state index in [2.05, 4.69) is 15.7 Å². The second-order valence-electron chi connectivity index (χ2n) is 4.06. The predicted molar refractivity (Wildman–Crippen MR) is 71.3 cm³/mol. The molecule has 2 rings (SSSR count). The van der Waals surface area contributed by atoms with E-state index in [0.717, 1.165) is 23.6 Å². The Morgan fingerprint density at radius 2 is 1.89 bits per heavy atom. The summed E-state index contributed by atoms with van der Waals surface area (Å²) in [4.78, 5) is 10.9. The number of anilines is 2. The number of carbonyl (C=O) groups is 1. The van der Waals surface area contributed by atoms with Gasteiger partial charge in [0.05, 0.1) is 12.2 Å². The Kier molecular flexibility index (Phi) is 3.62. The number of aromatic nitrogens is 2. The van der Waals surface area contributed by atoms with Gasteiger partial charge in [0.1, 0.15) is 0 Å². The van der Waals surface area contributed by atoms with Gasteiger partial charge in [-0.05, 0) is 30.3 Å². The molecule has 5 nitrogen and oxygen atoms in total. The van der Waals surface area contributed by atoms with Crippen molar-refractivity contribution in [1.29, 1.82) is 0 Å². The van der Waals surface area contributed by atoms with Crippen molar-refractivity contribution in [3.05, 3.63) is 42.2 Å². The molecular formula is C13H16N4O. The molecule has 1 heterocycles. The summed E-state index contributed by atoms with van der Waals surface area (Å²) in [5.74, 6) is -0.0643. The SMILES string of the molecule is CC(=O)Nc1ccc(NCc2ccnn2C)cc1. The molecule has 0 bridgehead atoms. The van der Waals surface area contributed by atoms with E-state index < -0.39 is 0 Å². The maximum absolute atomic E-state index is 10.9. The normalized spacial score (nSPS) is 10.1. The van der Waals surface area contributed by atoms with Crippen molar-refractivity contribution < 1.29 is 4.79 Å². The Morgan fingerprint density at radius 1 is 1.22 bits per heavy atom. The van der Waals surface area contributed by atoms with Crippen molar-refractivity contribution in [2.75, 3.05) is 10.6 Å². The van der Waals surface area contributed by atoms with Gasteiger partial charge >= 0.3 is 0 Å². The van der Waals surface area contributed by atoms with E-state index in [-0.39, 0.29) is 5.91 Å². The molecule has 0 fully saturated rings. The summed E-state index contributed by atoms with van der Waals surface area (Å²) in [5.41, 5.74) is 2.92. The summed E-state index contributed by atoms with van der Waals surface area (Å²) in [6.45, 7) is 2.21. The molecule has 0 saturated heterocycles. The van der Waals surface area contributed by atoms with Crippen LogP contribution in [-0.4, -0.2) is 15.7 Å². The van der Waals surface area contributed by atoms with Gasteiger partial charge in [0.25, 0.3) is 0 Å². The average molecular weight is 244 g/mol. The average Bonchev–Trinajstić information content (AvgIpc) is 2.73. The van der Waals surface area contributed by atoms with E-state index in [1.54, 1.807) is 6.20 Å². The molecule has 18 heavy (non-hydrogen) atoms. The van der Waals surface area contributed by atoms with E-state index >= 15 is 0 Å². The van der Waals surface area contributed by atoms with Gasteiger partial charge in [-0.15, -0.1) is 0 Å². The van der Waals surface area contributed by atoms with Crippen LogP contribution in [0.1, 0.15) is 12.6 Å². The number of hydrogen-bond acceptors (Lipinski definition) is 3. The van der Waals surface area contributed by atoms with E-state index in [1.165, 1.54) is 6.92 Å². The summed E-state index contributed by atoms with van der Waals surface area (Å²) >= 11 is 0. The van der Waals surface area contributed by atoms with Crippen LogP contribution in [0.3, 0.4) is 0 Å². The lowest BCUT2D eigenvalue weighted by Gasteiger charge is -2.08. The van der Waals surface area contributed by atoms with E-state index in [1.807, 2.05) is 42.1 Å². The highest BCUT2D eigenvalue weighted by molar-refractivity contribution is 5.88. The van der Waals surface area contributed by atoms with Gasteiger partial charge in [-0.2, -0.15) is 5.10 Å². The number of carbonyl (C=O) groups excluding carboxylic acids is 1. The monoisotopic (exact) mass is 244 g/mol. The van der Waals surface area contributed by atoms with Gasteiger partial charge in [0.2, 0.25) is 5.91 Å². The number of benzene rings is 1. The Balaban J connectivity index is 1.94. The molecule has 0 saturated carbocycles. The highest BCUT2D eigenvalue weighted by Gasteiger charge is 1.99. The number of hydrogen-bond donors (Lipinski definition) is 2. The van der Waals surface area contributed by atoms with Gasteiger partial charge in [-0.25, -0.2) is 0 Å². The highest BCUT2D eigenvalue weighted by atomic mass is 16.1. The molecule has 0 unspecified atom stereocenters. The third-order valence-corrected chi connectivity index (χ3v) is 2.60. The minimum Gasteiger partial charge on any atom is -0.379 e. The topological polar surface area (TPSA) is 59.0 Å². The maximum atomic E-state index is 10.9. The molecule has 0 radical (unpaired) electrons. The lowest BCUT2D eigenvalue weighted by molar-refractivity contribution is -0.114. The van der Waals surface area contributed by atoms with Crippen LogP contribution in [0.25, 0.3) is 0 Å². The first-order valence-corrected chi connectivity index (χ1v) is 5.73. The third kappa shape index (κ3) is 3.10. The molecular weight excluding hydrogens is 228 g/mol. The largest absolute Gasteiger partial charge is 0.379 e. The van der Waals surface area contributed by atoms with Crippen LogP contribution >= 0.6 is 0 Å². The summed E-state index contributed by atoms with van der Waals surface area (Å²) in [6, 6.07) is 9.57. The fourth-order valence-corrected chi connectivity index (χ4v) is 1.64. The lowest BCUT2D eigenvalue weighted by Crippen LogP contribution is -2.07. The van der Waals surface area contributed by atoms with Crippen molar-refractivity contribution in [1.82, 2.24) is 9.78 Å². The second kappa shape index (κ2) is 5.35. The fourth-order valence-electron chi connectivity index (χ4n) is 1.64. The van der Waals surface area contributed by atoms with Gasteiger partial charge in [-0.1, -0.05) is 0 Å². The molecule has 2 N–H and O–H groups in total. The summed E-state index contributed by atoms with van der Waals surface area (Å²) in [5, 5.41) is 10.1. The first-order chi connectivity index (χ1) is 8.65. The maximum Gasteiger partial charge on any atom is 0.221 e. The van der Waals surface area contributed by atoms with Gasteiger partial charge < -0.3 is 10.6 Å². The van der Waals surface area contributed by atoms with Crippen molar-refractivity contribution >= 4 is 17.3 Å². The Labute approximate surface area is 106 Å². The Bertz CT molecular complexity index is 530. The van der Waals surface area contributed by atoms with E-state index in [9.17, 15) is 4.79 Å². The van der Waals surface area contributed by atoms with Crippen LogP contribution in [0.2, 0.25) is 0 Å². The molecule has 5 heteroatoms. The minimum absolute atomic E-state index is 0.0643. The smallest absolute Gasteiger partial charge is 0.221 e. The van der Waals surface area contributed by atoms with Crippen LogP contribution < -0.4 is 10.6 Å². The number of amides is 1. The molecule has 0 atom stereocenters. The number of aryl methyl sites for hydroxylation is 1. The number of nitrogens with one attached hydrogen (secondary N) is 2. The first kappa shape index (κ1) is 12.2. The van der Waals surface area contributed by atoms with Gasteiger partial charge in [0.15, 0.2) is 0 Å². The summed E-state index contributed by atoms with van der Waals surface area (Å²) < 4.78 is 1.83. The zero-order chi connectivity index (χ0) is 13.0. The van der Waals surface area contributed by atoms with Crippen LogP contribution in [0, 0.1) is 0 Å². The lowest BCUT2D eigenvalue weighted by atomic mass is 10.2. The molecule has 0 spiro atoms. The molecule has 0 aliphatic rings. The molecule has 2 aromatic rings. The zero-order valence-corrected chi connectivity index (χ0v) is 10.5. The van der Waals surface area contributed by atoms with Crippen molar-refractivity contribution in [3.63, 3.8) is 0 Å². The highest BCUT2D eigenvalue weighted by Crippen LogP contribution is 2.14. The predicted octanol–water partition coefficient (Wildman–Crippen LogP) is 1.99. The van der Waals surface area contributed by atoms with Crippen LogP contribution in [0.4, 0.5) is 11.4 Å². The first-order valence-electron chi connectivity index (χ1n) is 5.73. The van der Waals surface area contributed by atoms with Crippen molar-refractivity contribution in [3.8, 4) is 0 Å². The molecule has 1 aromatic carbocycles. The quantitative estimate of drug-likeness (QED) is 0.864. The molecule has 1 aromatic heterocycles. The van der Waals surface area contributed by atoms with Gasteiger partial charge in [-0.3, -0.25) is 9.48 Å². The van der Waals surface area contributed by atoms with Gasteiger partial charge in [0, 0.05) is 31.5 Å². The van der Waals surface area contributed by atoms with Crippen molar-refractivity contribution in [2.24, 2.45) is 7.05 Å². The molecule has 0 aliphatic carbocycles.